The number of rotatable bonds is 5. The molecule has 0 radical (unpaired) electrons. The maximum Gasteiger partial charge on any atom is 0.266 e. The summed E-state index contributed by atoms with van der Waals surface area (Å²) in [6.07, 6.45) is 6.66. The van der Waals surface area contributed by atoms with Gasteiger partial charge in [-0.2, -0.15) is 5.26 Å². The monoisotopic (exact) mass is 302 g/mol. The summed E-state index contributed by atoms with van der Waals surface area (Å²) in [6.45, 7) is 0.114. The lowest BCUT2D eigenvalue weighted by Gasteiger charge is -2.07. The summed E-state index contributed by atoms with van der Waals surface area (Å²) in [5, 5.41) is 11.9. The van der Waals surface area contributed by atoms with Gasteiger partial charge in [-0.25, -0.2) is 0 Å². The zero-order valence-electron chi connectivity index (χ0n) is 12.3. The van der Waals surface area contributed by atoms with Crippen LogP contribution >= 0.6 is 0 Å². The van der Waals surface area contributed by atoms with Crippen molar-refractivity contribution < 1.29 is 9.53 Å². The Balaban J connectivity index is 2.24. The molecule has 0 saturated carbocycles. The fourth-order valence-electron chi connectivity index (χ4n) is 1.87. The Morgan fingerprint density at radius 2 is 1.87 bits per heavy atom. The first kappa shape index (κ1) is 15.9. The number of carbonyl (C=O) groups excluding carboxylic acids is 1. The third-order valence-electron chi connectivity index (χ3n) is 2.93. The Labute approximate surface area is 135 Å². The predicted molar refractivity (Wildman–Crippen MR) is 89.4 cm³/mol. The van der Waals surface area contributed by atoms with Crippen LogP contribution in [0.2, 0.25) is 0 Å². The molecule has 0 aliphatic heterocycles. The van der Waals surface area contributed by atoms with Gasteiger partial charge in [-0.3, -0.25) is 4.79 Å². The highest BCUT2D eigenvalue weighted by molar-refractivity contribution is 6.09. The van der Waals surface area contributed by atoms with Crippen molar-refractivity contribution in [3.05, 3.63) is 65.7 Å². The number of amides is 1. The summed E-state index contributed by atoms with van der Waals surface area (Å²) in [7, 11) is 0. The van der Waals surface area contributed by atoms with E-state index in [9.17, 15) is 10.1 Å². The molecular formula is C19H14N2O2. The number of carbonyl (C=O) groups is 1. The van der Waals surface area contributed by atoms with E-state index in [-0.39, 0.29) is 12.2 Å². The second-order valence-electron chi connectivity index (χ2n) is 4.52. The highest BCUT2D eigenvalue weighted by Crippen LogP contribution is 2.21. The van der Waals surface area contributed by atoms with Gasteiger partial charge >= 0.3 is 0 Å². The Hall–Kier alpha value is -3.50. The fourth-order valence-corrected chi connectivity index (χ4v) is 1.87. The number of nitrogens with zero attached hydrogens (tertiary/aromatic N) is 1. The van der Waals surface area contributed by atoms with E-state index in [0.717, 1.165) is 0 Å². The second kappa shape index (κ2) is 8.07. The second-order valence-corrected chi connectivity index (χ2v) is 4.52. The van der Waals surface area contributed by atoms with Crippen molar-refractivity contribution in [1.29, 1.82) is 5.26 Å². The molecule has 4 nitrogen and oxygen atoms in total. The normalized spacial score (nSPS) is 10.3. The summed E-state index contributed by atoms with van der Waals surface area (Å²) in [4.78, 5) is 12.2. The molecule has 0 unspecified atom stereocenters. The van der Waals surface area contributed by atoms with Gasteiger partial charge < -0.3 is 10.1 Å². The summed E-state index contributed by atoms with van der Waals surface area (Å²) in [5.41, 5.74) is 1.21. The number of nitrogens with one attached hydrogen (secondary N) is 1. The van der Waals surface area contributed by atoms with E-state index >= 15 is 0 Å². The van der Waals surface area contributed by atoms with Gasteiger partial charge in [0.1, 0.15) is 24.0 Å². The van der Waals surface area contributed by atoms with E-state index < -0.39 is 5.91 Å². The largest absolute Gasteiger partial charge is 0.480 e. The Morgan fingerprint density at radius 1 is 1.17 bits per heavy atom. The molecule has 0 spiro atoms. The molecule has 23 heavy (non-hydrogen) atoms. The van der Waals surface area contributed by atoms with Gasteiger partial charge in [0.2, 0.25) is 0 Å². The number of anilines is 1. The lowest BCUT2D eigenvalue weighted by Crippen LogP contribution is -2.13. The fraction of sp³-hybridized carbons (Fsp3) is 0.0526. The minimum Gasteiger partial charge on any atom is -0.480 e. The van der Waals surface area contributed by atoms with Crippen molar-refractivity contribution in [3.63, 3.8) is 0 Å². The average molecular weight is 302 g/mol. The molecule has 0 heterocycles. The quantitative estimate of drug-likeness (QED) is 0.524. The smallest absolute Gasteiger partial charge is 0.266 e. The topological polar surface area (TPSA) is 62.1 Å². The minimum atomic E-state index is -0.481. The number of terminal acetylenes is 1. The van der Waals surface area contributed by atoms with Gasteiger partial charge in [-0.15, -0.1) is 6.42 Å². The first-order chi connectivity index (χ1) is 11.2. The summed E-state index contributed by atoms with van der Waals surface area (Å²) >= 11 is 0. The van der Waals surface area contributed by atoms with Crippen LogP contribution in [0.4, 0.5) is 5.69 Å². The van der Waals surface area contributed by atoms with E-state index in [1.165, 1.54) is 6.08 Å². The Bertz CT molecular complexity index is 796. The molecule has 0 saturated heterocycles. The van der Waals surface area contributed by atoms with Crippen molar-refractivity contribution in [2.75, 3.05) is 11.9 Å². The van der Waals surface area contributed by atoms with Gasteiger partial charge in [0.15, 0.2) is 0 Å². The molecule has 4 heteroatoms. The molecule has 0 fully saturated rings. The first-order valence-electron chi connectivity index (χ1n) is 6.88. The average Bonchev–Trinajstić information content (AvgIpc) is 2.59. The van der Waals surface area contributed by atoms with Crippen LogP contribution in [-0.4, -0.2) is 12.5 Å². The number of benzene rings is 2. The van der Waals surface area contributed by atoms with Crippen LogP contribution in [0, 0.1) is 23.7 Å². The maximum atomic E-state index is 12.2. The predicted octanol–water partition coefficient (Wildman–Crippen LogP) is 3.24. The number of nitriles is 1. The lowest BCUT2D eigenvalue weighted by atomic mass is 10.1. The van der Waals surface area contributed by atoms with Crippen LogP contribution in [0.3, 0.4) is 0 Å². The zero-order valence-corrected chi connectivity index (χ0v) is 12.3. The molecule has 0 aliphatic carbocycles. The van der Waals surface area contributed by atoms with Crippen LogP contribution in [0.15, 0.2) is 60.2 Å². The SMILES string of the molecule is C#CCOc1ccccc1/C=C(\C#N)C(=O)Nc1ccccc1. The molecule has 2 aromatic rings. The van der Waals surface area contributed by atoms with Gasteiger partial charge in [-0.05, 0) is 24.3 Å². The molecule has 2 aromatic carbocycles. The molecule has 112 valence electrons. The van der Waals surface area contributed by atoms with Crippen molar-refractivity contribution >= 4 is 17.7 Å². The molecule has 0 bridgehead atoms. The van der Waals surface area contributed by atoms with Crippen LogP contribution in [0.5, 0.6) is 5.75 Å². The molecule has 2 rings (SSSR count). The summed E-state index contributed by atoms with van der Waals surface area (Å²) < 4.78 is 5.41. The molecule has 0 aliphatic rings. The van der Waals surface area contributed by atoms with Gasteiger partial charge in [-0.1, -0.05) is 42.3 Å². The van der Waals surface area contributed by atoms with Crippen LogP contribution in [0.1, 0.15) is 5.56 Å². The van der Waals surface area contributed by atoms with Crippen molar-refractivity contribution in [1.82, 2.24) is 0 Å². The van der Waals surface area contributed by atoms with Crippen molar-refractivity contribution in [3.8, 4) is 24.2 Å². The summed E-state index contributed by atoms with van der Waals surface area (Å²) in [6, 6.07) is 17.9. The highest BCUT2D eigenvalue weighted by Gasteiger charge is 2.11. The van der Waals surface area contributed by atoms with E-state index in [4.69, 9.17) is 11.2 Å². The van der Waals surface area contributed by atoms with E-state index in [1.54, 1.807) is 48.5 Å². The van der Waals surface area contributed by atoms with Gasteiger partial charge in [0, 0.05) is 11.3 Å². The third-order valence-corrected chi connectivity index (χ3v) is 2.93. The number of ether oxygens (including phenoxy) is 1. The third kappa shape index (κ3) is 4.49. The molecule has 0 aromatic heterocycles. The van der Waals surface area contributed by atoms with Gasteiger partial charge in [0.05, 0.1) is 0 Å². The zero-order chi connectivity index (χ0) is 16.5. The highest BCUT2D eigenvalue weighted by atomic mass is 16.5. The van der Waals surface area contributed by atoms with E-state index in [0.29, 0.717) is 17.0 Å². The Kier molecular flexibility index (Phi) is 5.57. The standard InChI is InChI=1S/C19H14N2O2/c1-2-12-23-18-11-7-6-8-15(18)13-16(14-20)19(22)21-17-9-4-3-5-10-17/h1,3-11,13H,12H2,(H,21,22)/b16-13+. The molecule has 1 amide bonds. The number of hydrogen-bond donors (Lipinski definition) is 1. The molecule has 0 atom stereocenters. The molecule has 1 N–H and O–H groups in total. The number of hydrogen-bond acceptors (Lipinski definition) is 3. The van der Waals surface area contributed by atoms with Crippen LogP contribution < -0.4 is 10.1 Å². The maximum absolute atomic E-state index is 12.2. The first-order valence-corrected chi connectivity index (χ1v) is 6.88. The summed E-state index contributed by atoms with van der Waals surface area (Å²) in [5.74, 6) is 2.42. The minimum absolute atomic E-state index is 0.0226. The number of para-hydroxylation sites is 2. The van der Waals surface area contributed by atoms with E-state index in [1.807, 2.05) is 12.1 Å². The molecular weight excluding hydrogens is 288 g/mol. The Morgan fingerprint density at radius 3 is 2.57 bits per heavy atom. The van der Waals surface area contributed by atoms with Crippen molar-refractivity contribution in [2.45, 2.75) is 0 Å². The van der Waals surface area contributed by atoms with Crippen LogP contribution in [0.25, 0.3) is 6.08 Å². The van der Waals surface area contributed by atoms with Crippen molar-refractivity contribution in [2.24, 2.45) is 0 Å². The van der Waals surface area contributed by atoms with Gasteiger partial charge in [0.25, 0.3) is 5.91 Å². The van der Waals surface area contributed by atoms with E-state index in [2.05, 4.69) is 11.2 Å². The lowest BCUT2D eigenvalue weighted by molar-refractivity contribution is -0.112. The van der Waals surface area contributed by atoms with Crippen LogP contribution in [-0.2, 0) is 4.79 Å².